The van der Waals surface area contributed by atoms with E-state index in [2.05, 4.69) is 9.97 Å². The molecular weight excluding hydrogens is 453 g/mol. The van der Waals surface area contributed by atoms with Crippen molar-refractivity contribution >= 4 is 11.8 Å². The molecule has 0 saturated carbocycles. The number of fused-ring (bicyclic) bond motifs is 1. The molecule has 2 amide bonds. The molecule has 2 aliphatic heterocycles. The predicted molar refractivity (Wildman–Crippen MR) is 105 cm³/mol. The number of likely N-dealkylation sites (tertiary alicyclic amines) is 1. The summed E-state index contributed by atoms with van der Waals surface area (Å²) in [5.74, 6) is -4.63. The Bertz CT molecular complexity index is 911. The summed E-state index contributed by atoms with van der Waals surface area (Å²) in [6, 6.07) is -1.04. The van der Waals surface area contributed by atoms with Crippen molar-refractivity contribution in [2.75, 3.05) is 13.1 Å². The zero-order valence-electron chi connectivity index (χ0n) is 18.0. The summed E-state index contributed by atoms with van der Waals surface area (Å²) < 4.78 is 67.8. The van der Waals surface area contributed by atoms with E-state index >= 15 is 0 Å². The average molecular weight is 479 g/mol. The Labute approximate surface area is 187 Å². The first-order valence-electron chi connectivity index (χ1n) is 10.7. The molecule has 0 spiro atoms. The van der Waals surface area contributed by atoms with Crippen LogP contribution in [-0.2, 0) is 35.2 Å². The Morgan fingerprint density at radius 1 is 1.30 bits per heavy atom. The third-order valence-corrected chi connectivity index (χ3v) is 5.74. The van der Waals surface area contributed by atoms with Crippen LogP contribution in [0.2, 0.25) is 0 Å². The minimum absolute atomic E-state index is 0.0124. The summed E-state index contributed by atoms with van der Waals surface area (Å²) >= 11 is 0. The molecule has 0 radical (unpaired) electrons. The quantitative estimate of drug-likeness (QED) is 0.600. The second-order valence-corrected chi connectivity index (χ2v) is 8.37. The fraction of sp³-hybridized carbons (Fsp3) is 0.700. The molecule has 8 nitrogen and oxygen atoms in total. The summed E-state index contributed by atoms with van der Waals surface area (Å²) in [7, 11) is 0. The predicted octanol–water partition coefficient (Wildman–Crippen LogP) is 1.63. The molecular formula is C20H26F5N5O3. The molecule has 3 rings (SSSR count). The molecule has 0 bridgehead atoms. The van der Waals surface area contributed by atoms with E-state index in [1.807, 2.05) is 0 Å². The smallest absolute Gasteiger partial charge is 0.368 e. The van der Waals surface area contributed by atoms with Crippen molar-refractivity contribution < 1.29 is 36.6 Å². The fourth-order valence-electron chi connectivity index (χ4n) is 4.05. The Morgan fingerprint density at radius 3 is 2.64 bits per heavy atom. The number of hydrogen-bond donors (Lipinski definition) is 2. The number of piperidine rings is 1. The van der Waals surface area contributed by atoms with Crippen molar-refractivity contribution in [1.29, 1.82) is 0 Å². The zero-order valence-corrected chi connectivity index (χ0v) is 18.0. The molecule has 1 fully saturated rings. The van der Waals surface area contributed by atoms with Crippen LogP contribution in [-0.4, -0.2) is 68.0 Å². The lowest BCUT2D eigenvalue weighted by Crippen LogP contribution is -2.58. The van der Waals surface area contributed by atoms with Crippen LogP contribution >= 0.6 is 0 Å². The Kier molecular flexibility index (Phi) is 7.22. The number of nitrogens with zero attached hydrogens (tertiary/aromatic N) is 4. The van der Waals surface area contributed by atoms with E-state index in [0.717, 1.165) is 0 Å². The maximum Gasteiger partial charge on any atom is 0.433 e. The minimum atomic E-state index is -4.64. The maximum atomic E-state index is 13.7. The Hall–Kier alpha value is -2.41. The second-order valence-electron chi connectivity index (χ2n) is 8.37. The van der Waals surface area contributed by atoms with Crippen molar-refractivity contribution in [3.05, 3.63) is 22.8 Å². The number of halogens is 5. The van der Waals surface area contributed by atoms with Crippen molar-refractivity contribution in [3.8, 4) is 0 Å². The number of nitrogens with two attached hydrogens (primary N) is 1. The van der Waals surface area contributed by atoms with Gasteiger partial charge in [0.2, 0.25) is 11.8 Å². The molecule has 0 aliphatic carbocycles. The molecule has 13 heteroatoms. The van der Waals surface area contributed by atoms with E-state index in [-0.39, 0.29) is 49.4 Å². The van der Waals surface area contributed by atoms with Gasteiger partial charge in [0, 0.05) is 50.4 Å². The Morgan fingerprint density at radius 2 is 2.00 bits per heavy atom. The molecule has 2 aliphatic rings. The second kappa shape index (κ2) is 9.45. The number of hydrogen-bond acceptors (Lipinski definition) is 6. The lowest BCUT2D eigenvalue weighted by Gasteiger charge is -2.38. The Balaban J connectivity index is 1.69. The van der Waals surface area contributed by atoms with Crippen LogP contribution < -0.4 is 5.73 Å². The number of carbonyl (C=O) groups excluding carboxylic acids is 2. The molecule has 1 saturated heterocycles. The molecule has 1 unspecified atom stereocenters. The largest absolute Gasteiger partial charge is 0.433 e. The van der Waals surface area contributed by atoms with Crippen LogP contribution in [0.15, 0.2) is 0 Å². The van der Waals surface area contributed by atoms with E-state index in [4.69, 9.17) is 5.73 Å². The molecule has 1 aromatic rings. The maximum absolute atomic E-state index is 13.7. The average Bonchev–Trinajstić information content (AvgIpc) is 2.73. The van der Waals surface area contributed by atoms with E-state index in [1.54, 1.807) is 6.92 Å². The topological polar surface area (TPSA) is 113 Å². The normalized spacial score (nSPS) is 21.7. The lowest BCUT2D eigenvalue weighted by molar-refractivity contribution is -0.205. The number of aliphatic hydroxyl groups is 1. The third kappa shape index (κ3) is 5.57. The number of alkyl halides is 5. The van der Waals surface area contributed by atoms with E-state index in [0.29, 0.717) is 11.3 Å². The highest BCUT2D eigenvalue weighted by molar-refractivity contribution is 5.79. The van der Waals surface area contributed by atoms with Gasteiger partial charge in [0.05, 0.1) is 12.2 Å². The SMILES string of the molecule is CCCc1nc2c(c(C(F)(F)F)n1)CCN(C(=O)C[C@@H](N)CN1C(=O)CCC(F)(F)C1O)C2. The minimum Gasteiger partial charge on any atom is -0.368 e. The summed E-state index contributed by atoms with van der Waals surface area (Å²) in [6.45, 7) is 1.16. The lowest BCUT2D eigenvalue weighted by atomic mass is 10.0. The number of rotatable bonds is 6. The van der Waals surface area contributed by atoms with Crippen LogP contribution in [0.3, 0.4) is 0 Å². The van der Waals surface area contributed by atoms with Crippen molar-refractivity contribution in [1.82, 2.24) is 19.8 Å². The molecule has 1 aromatic heterocycles. The highest BCUT2D eigenvalue weighted by Crippen LogP contribution is 2.34. The first-order valence-corrected chi connectivity index (χ1v) is 10.7. The monoisotopic (exact) mass is 479 g/mol. The van der Waals surface area contributed by atoms with E-state index in [9.17, 15) is 36.6 Å². The van der Waals surface area contributed by atoms with Crippen molar-refractivity contribution in [2.45, 2.75) is 76.4 Å². The summed E-state index contributed by atoms with van der Waals surface area (Å²) in [4.78, 5) is 34.4. The molecule has 2 atom stereocenters. The fourth-order valence-corrected chi connectivity index (χ4v) is 4.05. The van der Waals surface area contributed by atoms with Gasteiger partial charge in [-0.05, 0) is 12.8 Å². The van der Waals surface area contributed by atoms with Crippen LogP contribution in [0.5, 0.6) is 0 Å². The third-order valence-electron chi connectivity index (χ3n) is 5.74. The van der Waals surface area contributed by atoms with Gasteiger partial charge >= 0.3 is 6.18 Å². The van der Waals surface area contributed by atoms with Crippen LogP contribution in [0.4, 0.5) is 22.0 Å². The number of carbonyl (C=O) groups is 2. The van der Waals surface area contributed by atoms with Gasteiger partial charge in [-0.1, -0.05) is 6.92 Å². The molecule has 184 valence electrons. The van der Waals surface area contributed by atoms with Crippen molar-refractivity contribution in [2.24, 2.45) is 5.73 Å². The van der Waals surface area contributed by atoms with E-state index < -0.39 is 61.3 Å². The van der Waals surface area contributed by atoms with Gasteiger partial charge in [-0.2, -0.15) is 13.2 Å². The van der Waals surface area contributed by atoms with Gasteiger partial charge in [0.15, 0.2) is 11.9 Å². The van der Waals surface area contributed by atoms with Gasteiger partial charge in [-0.15, -0.1) is 0 Å². The first kappa shape index (κ1) is 25.2. The van der Waals surface area contributed by atoms with Crippen LogP contribution in [0.1, 0.15) is 55.4 Å². The van der Waals surface area contributed by atoms with Crippen LogP contribution in [0.25, 0.3) is 0 Å². The number of aryl methyl sites for hydroxylation is 1. The first-order chi connectivity index (χ1) is 15.3. The number of amides is 2. The van der Waals surface area contributed by atoms with Crippen LogP contribution in [0, 0.1) is 0 Å². The summed E-state index contributed by atoms with van der Waals surface area (Å²) in [5, 5.41) is 9.77. The summed E-state index contributed by atoms with van der Waals surface area (Å²) in [5.41, 5.74) is 4.98. The molecule has 3 heterocycles. The molecule has 0 aromatic carbocycles. The van der Waals surface area contributed by atoms with Gasteiger partial charge in [-0.25, -0.2) is 18.7 Å². The zero-order chi connectivity index (χ0) is 24.6. The summed E-state index contributed by atoms with van der Waals surface area (Å²) in [6.07, 6.45) is -7.81. The van der Waals surface area contributed by atoms with E-state index in [1.165, 1.54) is 4.90 Å². The van der Waals surface area contributed by atoms with Gasteiger partial charge in [0.25, 0.3) is 5.92 Å². The molecule has 3 N–H and O–H groups in total. The number of aliphatic hydroxyl groups excluding tert-OH is 1. The van der Waals surface area contributed by atoms with Crippen molar-refractivity contribution in [3.63, 3.8) is 0 Å². The van der Waals surface area contributed by atoms with Gasteiger partial charge in [0.1, 0.15) is 5.82 Å². The standard InChI is InChI=1S/C20H26F5N5O3/c1-2-3-14-27-13-10-29(7-5-12(13)17(28-14)20(23,24)25)16(32)8-11(26)9-30-15(31)4-6-19(21,22)18(30)33/h11,18,33H,2-10,26H2,1H3/t11-,18?/m1/s1. The highest BCUT2D eigenvalue weighted by Gasteiger charge is 2.48. The van der Waals surface area contributed by atoms with Gasteiger partial charge < -0.3 is 20.6 Å². The highest BCUT2D eigenvalue weighted by atomic mass is 19.4. The van der Waals surface area contributed by atoms with Gasteiger partial charge in [-0.3, -0.25) is 9.59 Å². The molecule has 33 heavy (non-hydrogen) atoms. The number of aromatic nitrogens is 2.